The Morgan fingerprint density at radius 3 is 2.23 bits per heavy atom. The number of aryl methyl sites for hydroxylation is 1. The van der Waals surface area contributed by atoms with Gasteiger partial charge >= 0.3 is 0 Å². The molecule has 1 heterocycles. The van der Waals surface area contributed by atoms with E-state index in [1.807, 2.05) is 6.92 Å². The maximum Gasteiger partial charge on any atom is 0.297 e. The second-order valence-corrected chi connectivity index (χ2v) is 15.4. The summed E-state index contributed by atoms with van der Waals surface area (Å²) in [6, 6.07) is 9.93. The maximum absolute atomic E-state index is 12.7. The molecule has 0 saturated carbocycles. The molecule has 2 rings (SSSR count). The average Bonchev–Trinajstić information content (AvgIpc) is 2.65. The molecule has 0 radical (unpaired) electrons. The number of carbonyl (C=O) groups excluding carboxylic acids is 1. The van der Waals surface area contributed by atoms with Crippen LogP contribution in [0.2, 0.25) is 18.1 Å². The van der Waals surface area contributed by atoms with Gasteiger partial charge in [0.25, 0.3) is 10.1 Å². The summed E-state index contributed by atoms with van der Waals surface area (Å²) in [5, 5.41) is 2.54. The smallest absolute Gasteiger partial charge is 0.297 e. The van der Waals surface area contributed by atoms with E-state index in [9.17, 15) is 13.2 Å². The third kappa shape index (κ3) is 6.96. The summed E-state index contributed by atoms with van der Waals surface area (Å²) in [7, 11) is -6.18. The number of hydrogen-bond donors (Lipinski definition) is 1. The molecule has 0 fully saturated rings. The van der Waals surface area contributed by atoms with E-state index in [0.717, 1.165) is 5.56 Å². The van der Waals surface area contributed by atoms with Crippen molar-refractivity contribution >= 4 is 30.2 Å². The number of carbonyl (C=O) groups is 1. The number of aromatic nitrogens is 1. The number of nitrogens with one attached hydrogen (secondary N) is 1. The largest absolute Gasteiger partial charge is 0.407 e. The normalized spacial score (nSPS) is 13.6. The third-order valence-corrected chi connectivity index (χ3v) is 11.2. The van der Waals surface area contributed by atoms with Gasteiger partial charge in [-0.2, -0.15) is 8.42 Å². The lowest BCUT2D eigenvalue weighted by Crippen LogP contribution is -2.42. The summed E-state index contributed by atoms with van der Waals surface area (Å²) < 4.78 is 37.3. The minimum Gasteiger partial charge on any atom is -0.407 e. The first-order chi connectivity index (χ1) is 14.2. The molecule has 1 N–H and O–H groups in total. The van der Waals surface area contributed by atoms with Crippen molar-refractivity contribution in [2.45, 2.75) is 63.8 Å². The first kappa shape index (κ1) is 25.2. The van der Waals surface area contributed by atoms with E-state index in [1.54, 1.807) is 30.5 Å². The highest BCUT2D eigenvalue weighted by atomic mass is 32.2. The van der Waals surface area contributed by atoms with Gasteiger partial charge in [0, 0.05) is 18.7 Å². The van der Waals surface area contributed by atoms with Crippen molar-refractivity contribution in [3.8, 4) is 0 Å². The van der Waals surface area contributed by atoms with Gasteiger partial charge in [0.1, 0.15) is 5.82 Å². The zero-order chi connectivity index (χ0) is 23.4. The van der Waals surface area contributed by atoms with Gasteiger partial charge in [-0.05, 0) is 43.3 Å². The fourth-order valence-electron chi connectivity index (χ4n) is 2.51. The lowest BCUT2D eigenvalue weighted by Gasteiger charge is -2.39. The van der Waals surface area contributed by atoms with E-state index in [4.69, 9.17) is 8.61 Å². The Morgan fingerprint density at radius 2 is 1.74 bits per heavy atom. The highest BCUT2D eigenvalue weighted by Gasteiger charge is 2.40. The van der Waals surface area contributed by atoms with Crippen LogP contribution < -0.4 is 5.32 Å². The minimum atomic E-state index is -3.94. The Bertz CT molecular complexity index is 998. The molecule has 0 aliphatic rings. The summed E-state index contributed by atoms with van der Waals surface area (Å²) in [5.41, 5.74) is 1.64. The van der Waals surface area contributed by atoms with Gasteiger partial charge in [-0.1, -0.05) is 44.5 Å². The predicted molar refractivity (Wildman–Crippen MR) is 124 cm³/mol. The molecule has 0 bridgehead atoms. The third-order valence-electron chi connectivity index (χ3n) is 5.39. The number of rotatable bonds is 8. The molecule has 0 saturated heterocycles. The number of hydrogen-bond acceptors (Lipinski definition) is 6. The molecule has 1 amide bonds. The summed E-state index contributed by atoms with van der Waals surface area (Å²) in [6.45, 7) is 13.6. The Kier molecular flexibility index (Phi) is 7.80. The lowest BCUT2D eigenvalue weighted by molar-refractivity contribution is -0.114. The zero-order valence-electron chi connectivity index (χ0n) is 19.2. The highest BCUT2D eigenvalue weighted by Crippen LogP contribution is 2.40. The van der Waals surface area contributed by atoms with E-state index in [2.05, 4.69) is 44.2 Å². The molecule has 1 atom stereocenters. The summed E-state index contributed by atoms with van der Waals surface area (Å²) in [5.74, 6) is 0.192. The molecular weight excluding hydrogens is 432 g/mol. The molecule has 1 aromatic heterocycles. The van der Waals surface area contributed by atoms with Gasteiger partial charge in [-0.3, -0.25) is 8.98 Å². The molecule has 31 heavy (non-hydrogen) atoms. The lowest BCUT2D eigenvalue weighted by atomic mass is 10.2. The van der Waals surface area contributed by atoms with Crippen LogP contribution in [-0.4, -0.2) is 34.2 Å². The van der Waals surface area contributed by atoms with Crippen LogP contribution in [0.3, 0.4) is 0 Å². The predicted octanol–water partition coefficient (Wildman–Crippen LogP) is 4.82. The molecule has 2 aromatic rings. The molecule has 170 valence electrons. The monoisotopic (exact) mass is 464 g/mol. The van der Waals surface area contributed by atoms with Gasteiger partial charge in [0.05, 0.1) is 17.6 Å². The van der Waals surface area contributed by atoms with Gasteiger partial charge in [-0.15, -0.1) is 0 Å². The van der Waals surface area contributed by atoms with Crippen molar-refractivity contribution in [2.24, 2.45) is 0 Å². The Balaban J connectivity index is 2.29. The zero-order valence-corrected chi connectivity index (χ0v) is 21.0. The molecule has 1 aromatic carbocycles. The first-order valence-electron chi connectivity index (χ1n) is 10.1. The average molecular weight is 465 g/mol. The van der Waals surface area contributed by atoms with Crippen LogP contribution in [0.4, 0.5) is 5.82 Å². The minimum absolute atomic E-state index is 0.0787. The Morgan fingerprint density at radius 1 is 1.13 bits per heavy atom. The molecule has 0 unspecified atom stereocenters. The standard InChI is InChI=1S/C22H32N2O5SSi/c1-16-8-11-19(12-9-16)30(26,27)28-15-20(29-31(6,7)22(3,4)5)18-10-13-21(23-14-18)24-17(2)25/h8-14,20H,15H2,1-7H3,(H,23,24,25)/t20-/m0/s1. The van der Waals surface area contributed by atoms with E-state index >= 15 is 0 Å². The van der Waals surface area contributed by atoms with Crippen LogP contribution in [-0.2, 0) is 23.5 Å². The van der Waals surface area contributed by atoms with Crippen LogP contribution in [0.15, 0.2) is 47.5 Å². The molecule has 0 aliphatic carbocycles. The van der Waals surface area contributed by atoms with Crippen molar-refractivity contribution in [3.05, 3.63) is 53.7 Å². The van der Waals surface area contributed by atoms with Gasteiger partial charge in [0.15, 0.2) is 8.32 Å². The van der Waals surface area contributed by atoms with Crippen molar-refractivity contribution in [3.63, 3.8) is 0 Å². The molecular formula is C22H32N2O5SSi. The molecule has 7 nitrogen and oxygen atoms in total. The van der Waals surface area contributed by atoms with Crippen molar-refractivity contribution in [1.29, 1.82) is 0 Å². The van der Waals surface area contributed by atoms with Gasteiger partial charge < -0.3 is 9.74 Å². The van der Waals surface area contributed by atoms with Crippen molar-refractivity contribution in [1.82, 2.24) is 4.98 Å². The summed E-state index contributed by atoms with van der Waals surface area (Å²) >= 11 is 0. The van der Waals surface area contributed by atoms with E-state index < -0.39 is 24.5 Å². The van der Waals surface area contributed by atoms with E-state index in [0.29, 0.717) is 11.4 Å². The number of benzene rings is 1. The first-order valence-corrected chi connectivity index (χ1v) is 14.4. The van der Waals surface area contributed by atoms with E-state index in [-0.39, 0.29) is 22.4 Å². The van der Waals surface area contributed by atoms with Crippen molar-refractivity contribution < 1.29 is 21.8 Å². The van der Waals surface area contributed by atoms with Crippen LogP contribution in [0.25, 0.3) is 0 Å². The fraction of sp³-hybridized carbons (Fsp3) is 0.455. The van der Waals surface area contributed by atoms with Gasteiger partial charge in [-0.25, -0.2) is 4.98 Å². The second-order valence-electron chi connectivity index (χ2n) is 9.08. The number of anilines is 1. The van der Waals surface area contributed by atoms with Crippen LogP contribution in [0, 0.1) is 6.92 Å². The highest BCUT2D eigenvalue weighted by molar-refractivity contribution is 7.86. The Hall–Kier alpha value is -2.07. The van der Waals surface area contributed by atoms with Crippen LogP contribution in [0.1, 0.15) is 44.9 Å². The fourth-order valence-corrected chi connectivity index (χ4v) is 4.68. The Labute approximate surface area is 186 Å². The van der Waals surface area contributed by atoms with Crippen LogP contribution >= 0.6 is 0 Å². The number of amides is 1. The molecule has 9 heteroatoms. The summed E-state index contributed by atoms with van der Waals surface area (Å²) in [4.78, 5) is 15.6. The van der Waals surface area contributed by atoms with Gasteiger partial charge in [0.2, 0.25) is 5.91 Å². The SMILES string of the molecule is CC(=O)Nc1ccc([C@H](COS(=O)(=O)c2ccc(C)cc2)O[Si](C)(C)C(C)(C)C)cn1. The van der Waals surface area contributed by atoms with E-state index in [1.165, 1.54) is 19.1 Å². The maximum atomic E-state index is 12.7. The molecule has 0 aliphatic heterocycles. The number of nitrogens with zero attached hydrogens (tertiary/aromatic N) is 1. The quantitative estimate of drug-likeness (QED) is 0.445. The number of pyridine rings is 1. The van der Waals surface area contributed by atoms with Crippen LogP contribution in [0.5, 0.6) is 0 Å². The topological polar surface area (TPSA) is 94.6 Å². The second kappa shape index (κ2) is 9.60. The summed E-state index contributed by atoms with van der Waals surface area (Å²) in [6.07, 6.45) is 0.949. The molecule has 0 spiro atoms. The van der Waals surface area contributed by atoms with Crippen molar-refractivity contribution in [2.75, 3.05) is 11.9 Å².